The molecular formula is C17H20F3N3O2. The molecule has 25 heavy (non-hydrogen) atoms. The number of imidazole rings is 1. The Labute approximate surface area is 143 Å². The largest absolute Gasteiger partial charge is 0.449 e. The summed E-state index contributed by atoms with van der Waals surface area (Å²) < 4.78 is 45.9. The monoisotopic (exact) mass is 355 g/mol. The fraction of sp³-hybridized carbons (Fsp3) is 0.529. The highest BCUT2D eigenvalue weighted by molar-refractivity contribution is 5.81. The molecule has 1 aromatic heterocycles. The van der Waals surface area contributed by atoms with E-state index in [4.69, 9.17) is 4.74 Å². The lowest BCUT2D eigenvalue weighted by atomic mass is 10.3. The third-order valence-electron chi connectivity index (χ3n) is 4.05. The van der Waals surface area contributed by atoms with Gasteiger partial charge in [0.05, 0.1) is 11.0 Å². The Morgan fingerprint density at radius 2 is 2.08 bits per heavy atom. The number of fused-ring (bicyclic) bond motifs is 1. The number of carbonyl (C=O) groups excluding carboxylic acids is 1. The number of nitrogens with zero attached hydrogens (tertiary/aromatic N) is 2. The van der Waals surface area contributed by atoms with Crippen molar-refractivity contribution in [2.75, 3.05) is 19.8 Å². The maximum Gasteiger partial charge on any atom is 0.449 e. The van der Waals surface area contributed by atoms with Crippen LogP contribution in [0.1, 0.15) is 25.1 Å². The van der Waals surface area contributed by atoms with Crippen LogP contribution in [0.5, 0.6) is 0 Å². The predicted octanol–water partition coefficient (Wildman–Crippen LogP) is 2.99. The van der Waals surface area contributed by atoms with Gasteiger partial charge in [0.1, 0.15) is 6.54 Å². The van der Waals surface area contributed by atoms with Crippen molar-refractivity contribution in [3.63, 3.8) is 0 Å². The van der Waals surface area contributed by atoms with Gasteiger partial charge in [-0.3, -0.25) is 4.79 Å². The molecule has 1 heterocycles. The van der Waals surface area contributed by atoms with Crippen molar-refractivity contribution in [2.24, 2.45) is 5.92 Å². The van der Waals surface area contributed by atoms with Crippen molar-refractivity contribution >= 4 is 16.9 Å². The van der Waals surface area contributed by atoms with Crippen molar-refractivity contribution in [1.29, 1.82) is 0 Å². The summed E-state index contributed by atoms with van der Waals surface area (Å²) >= 11 is 0. The van der Waals surface area contributed by atoms with E-state index in [9.17, 15) is 18.0 Å². The second-order valence-electron chi connectivity index (χ2n) is 6.23. The van der Waals surface area contributed by atoms with Crippen LogP contribution in [0.25, 0.3) is 11.0 Å². The highest BCUT2D eigenvalue weighted by Gasteiger charge is 2.37. The summed E-state index contributed by atoms with van der Waals surface area (Å²) in [5, 5.41) is 2.63. The van der Waals surface area contributed by atoms with E-state index in [0.29, 0.717) is 25.5 Å². The van der Waals surface area contributed by atoms with Crippen LogP contribution in [-0.2, 0) is 22.3 Å². The molecule has 0 spiro atoms. The summed E-state index contributed by atoms with van der Waals surface area (Å²) in [6.45, 7) is 1.25. The Morgan fingerprint density at radius 1 is 1.32 bits per heavy atom. The first kappa shape index (κ1) is 17.7. The minimum atomic E-state index is -4.62. The lowest BCUT2D eigenvalue weighted by molar-refractivity contribution is -0.147. The Bertz CT molecular complexity index is 738. The second kappa shape index (κ2) is 7.43. The maximum absolute atomic E-state index is 13.2. The number of aromatic nitrogens is 2. The average Bonchev–Trinajstić information content (AvgIpc) is 3.31. The summed E-state index contributed by atoms with van der Waals surface area (Å²) in [7, 11) is 0. The average molecular weight is 355 g/mol. The van der Waals surface area contributed by atoms with E-state index >= 15 is 0 Å². The van der Waals surface area contributed by atoms with Crippen molar-refractivity contribution in [3.8, 4) is 0 Å². The molecule has 0 radical (unpaired) electrons. The maximum atomic E-state index is 13.2. The van der Waals surface area contributed by atoms with Gasteiger partial charge in [-0.25, -0.2) is 4.98 Å². The lowest BCUT2D eigenvalue weighted by Crippen LogP contribution is -2.30. The molecule has 1 fully saturated rings. The second-order valence-corrected chi connectivity index (χ2v) is 6.23. The molecule has 0 aliphatic heterocycles. The molecule has 2 aromatic rings. The molecule has 1 aliphatic rings. The highest BCUT2D eigenvalue weighted by Crippen LogP contribution is 2.31. The van der Waals surface area contributed by atoms with Gasteiger partial charge in [-0.1, -0.05) is 12.1 Å². The number of hydrogen-bond donors (Lipinski definition) is 1. The Balaban J connectivity index is 1.56. The van der Waals surface area contributed by atoms with Gasteiger partial charge in [0, 0.05) is 19.8 Å². The van der Waals surface area contributed by atoms with E-state index in [2.05, 4.69) is 10.3 Å². The fourth-order valence-electron chi connectivity index (χ4n) is 2.59. The van der Waals surface area contributed by atoms with Crippen LogP contribution in [0.3, 0.4) is 0 Å². The quantitative estimate of drug-likeness (QED) is 0.741. The molecule has 136 valence electrons. The topological polar surface area (TPSA) is 56.2 Å². The van der Waals surface area contributed by atoms with Gasteiger partial charge in [0.2, 0.25) is 11.7 Å². The molecule has 5 nitrogen and oxygen atoms in total. The van der Waals surface area contributed by atoms with E-state index < -0.39 is 24.5 Å². The third kappa shape index (κ3) is 4.72. The van der Waals surface area contributed by atoms with Gasteiger partial charge in [-0.2, -0.15) is 13.2 Å². The Morgan fingerprint density at radius 3 is 2.80 bits per heavy atom. The molecular weight excluding hydrogens is 335 g/mol. The van der Waals surface area contributed by atoms with Crippen LogP contribution in [0, 0.1) is 5.92 Å². The minimum absolute atomic E-state index is 0.219. The van der Waals surface area contributed by atoms with Crippen molar-refractivity contribution in [2.45, 2.75) is 32.0 Å². The van der Waals surface area contributed by atoms with Crippen LogP contribution >= 0.6 is 0 Å². The summed E-state index contributed by atoms with van der Waals surface area (Å²) in [5.41, 5.74) is 0.508. The molecule has 3 rings (SSSR count). The molecule has 0 saturated heterocycles. The van der Waals surface area contributed by atoms with Crippen molar-refractivity contribution in [3.05, 3.63) is 30.1 Å². The zero-order chi connectivity index (χ0) is 17.9. The van der Waals surface area contributed by atoms with Gasteiger partial charge in [0.15, 0.2) is 0 Å². The number of rotatable bonds is 8. The van der Waals surface area contributed by atoms with Gasteiger partial charge < -0.3 is 14.6 Å². The summed E-state index contributed by atoms with van der Waals surface area (Å²) in [5.74, 6) is -0.850. The first-order valence-electron chi connectivity index (χ1n) is 8.32. The molecule has 1 saturated carbocycles. The van der Waals surface area contributed by atoms with Crippen molar-refractivity contribution < 1.29 is 22.7 Å². The van der Waals surface area contributed by atoms with Gasteiger partial charge in [0.25, 0.3) is 0 Å². The Hall–Kier alpha value is -2.09. The van der Waals surface area contributed by atoms with Crippen LogP contribution < -0.4 is 5.32 Å². The number of benzene rings is 1. The number of amides is 1. The molecule has 0 unspecified atom stereocenters. The summed E-state index contributed by atoms with van der Waals surface area (Å²) in [4.78, 5) is 15.6. The Kier molecular flexibility index (Phi) is 5.27. The van der Waals surface area contributed by atoms with Crippen molar-refractivity contribution in [1.82, 2.24) is 14.9 Å². The molecule has 1 aliphatic carbocycles. The smallest absolute Gasteiger partial charge is 0.381 e. The zero-order valence-corrected chi connectivity index (χ0v) is 13.7. The molecule has 0 bridgehead atoms. The van der Waals surface area contributed by atoms with Gasteiger partial charge in [-0.15, -0.1) is 0 Å². The number of para-hydroxylation sites is 2. The van der Waals surface area contributed by atoms with E-state index in [1.807, 2.05) is 0 Å². The number of halogens is 3. The molecule has 1 aromatic carbocycles. The van der Waals surface area contributed by atoms with Crippen LogP contribution in [0.4, 0.5) is 13.2 Å². The van der Waals surface area contributed by atoms with E-state index in [1.165, 1.54) is 25.0 Å². The molecule has 1 N–H and O–H groups in total. The molecule has 8 heteroatoms. The van der Waals surface area contributed by atoms with Gasteiger partial charge in [-0.05, 0) is 37.3 Å². The molecule has 1 amide bonds. The molecule has 0 atom stereocenters. The highest BCUT2D eigenvalue weighted by atomic mass is 19.4. The first-order chi connectivity index (χ1) is 11.9. The standard InChI is InChI=1S/C17H20F3N3O2/c18-17(19,20)16-22-13-4-1-2-5-14(13)23(16)10-15(24)21-8-3-9-25-11-12-6-7-12/h1-2,4-5,12H,3,6-11H2,(H,21,24). The minimum Gasteiger partial charge on any atom is -0.381 e. The number of alkyl halides is 3. The van der Waals surface area contributed by atoms with Crippen LogP contribution in [0.2, 0.25) is 0 Å². The summed E-state index contributed by atoms with van der Waals surface area (Å²) in [6.07, 6.45) is -1.54. The lowest BCUT2D eigenvalue weighted by Gasteiger charge is -2.11. The first-order valence-corrected chi connectivity index (χ1v) is 8.32. The zero-order valence-electron chi connectivity index (χ0n) is 13.7. The van der Waals surface area contributed by atoms with E-state index in [1.54, 1.807) is 12.1 Å². The number of nitrogens with one attached hydrogen (secondary N) is 1. The third-order valence-corrected chi connectivity index (χ3v) is 4.05. The van der Waals surface area contributed by atoms with E-state index in [-0.39, 0.29) is 11.0 Å². The number of carbonyl (C=O) groups is 1. The van der Waals surface area contributed by atoms with Gasteiger partial charge >= 0.3 is 6.18 Å². The SMILES string of the molecule is O=C(Cn1c(C(F)(F)F)nc2ccccc21)NCCCOCC1CC1. The van der Waals surface area contributed by atoms with Crippen LogP contribution in [-0.4, -0.2) is 35.2 Å². The van der Waals surface area contributed by atoms with E-state index in [0.717, 1.165) is 11.2 Å². The predicted molar refractivity (Wildman–Crippen MR) is 85.9 cm³/mol. The number of hydrogen-bond acceptors (Lipinski definition) is 3. The normalized spacial score (nSPS) is 14.8. The van der Waals surface area contributed by atoms with Crippen LogP contribution in [0.15, 0.2) is 24.3 Å². The summed E-state index contributed by atoms with van der Waals surface area (Å²) in [6, 6.07) is 6.25. The fourth-order valence-corrected chi connectivity index (χ4v) is 2.59. The number of ether oxygens (including phenoxy) is 1.